The number of rotatable bonds is 18. The standard InChI is InChI=1S/C26H32F3NO8/c1-20(31)37-17-15-35-13-11-33-9-10-34-12-14-36-16-18-38-25(32)23-7-2-3-8-24(23)30-22-6-4-5-21(19-22)26(27,28)29/h2-8,19,30H,9-18H2,1H3. The smallest absolute Gasteiger partial charge is 0.416 e. The van der Waals surface area contributed by atoms with Crippen LogP contribution in [0.3, 0.4) is 0 Å². The molecule has 0 fully saturated rings. The average molecular weight is 544 g/mol. The lowest BCUT2D eigenvalue weighted by Gasteiger charge is -2.13. The average Bonchev–Trinajstić information content (AvgIpc) is 2.88. The summed E-state index contributed by atoms with van der Waals surface area (Å²) in [5, 5.41) is 2.84. The molecule has 0 bridgehead atoms. The molecule has 0 aliphatic rings. The molecule has 0 radical (unpaired) electrons. The van der Waals surface area contributed by atoms with Gasteiger partial charge in [0.2, 0.25) is 0 Å². The number of ether oxygens (including phenoxy) is 6. The molecule has 2 aromatic carbocycles. The molecule has 0 saturated heterocycles. The zero-order valence-electron chi connectivity index (χ0n) is 21.1. The van der Waals surface area contributed by atoms with Crippen LogP contribution in [0.2, 0.25) is 0 Å². The first-order valence-electron chi connectivity index (χ1n) is 11.9. The van der Waals surface area contributed by atoms with Crippen LogP contribution in [-0.2, 0) is 39.4 Å². The largest absolute Gasteiger partial charge is 0.463 e. The molecule has 0 amide bonds. The first-order chi connectivity index (χ1) is 18.3. The summed E-state index contributed by atoms with van der Waals surface area (Å²) in [5.74, 6) is -0.978. The number of hydrogen-bond donors (Lipinski definition) is 1. The monoisotopic (exact) mass is 543 g/mol. The van der Waals surface area contributed by atoms with Gasteiger partial charge in [0.25, 0.3) is 0 Å². The van der Waals surface area contributed by atoms with E-state index < -0.39 is 17.7 Å². The van der Waals surface area contributed by atoms with E-state index in [4.69, 9.17) is 28.4 Å². The number of esters is 2. The highest BCUT2D eigenvalue weighted by atomic mass is 19.4. The number of carbonyl (C=O) groups excluding carboxylic acids is 2. The number of carbonyl (C=O) groups is 2. The van der Waals surface area contributed by atoms with Gasteiger partial charge in [0.15, 0.2) is 0 Å². The topological polar surface area (TPSA) is 102 Å². The molecule has 0 atom stereocenters. The Bertz CT molecular complexity index is 987. The fourth-order valence-electron chi connectivity index (χ4n) is 2.98. The molecule has 0 aliphatic heterocycles. The SMILES string of the molecule is CC(=O)OCCOCCOCCOCCOCCOC(=O)c1ccccc1Nc1cccc(C(F)(F)F)c1. The third-order valence-corrected chi connectivity index (χ3v) is 4.73. The normalized spacial score (nSPS) is 11.3. The molecule has 0 aliphatic carbocycles. The van der Waals surface area contributed by atoms with Gasteiger partial charge >= 0.3 is 18.1 Å². The van der Waals surface area contributed by atoms with Crippen molar-refractivity contribution in [2.45, 2.75) is 13.1 Å². The lowest BCUT2D eigenvalue weighted by Crippen LogP contribution is -2.15. The van der Waals surface area contributed by atoms with Gasteiger partial charge in [0, 0.05) is 12.6 Å². The summed E-state index contributed by atoms with van der Waals surface area (Å²) in [6.07, 6.45) is -4.47. The summed E-state index contributed by atoms with van der Waals surface area (Å²) in [4.78, 5) is 23.1. The number of hydrogen-bond acceptors (Lipinski definition) is 9. The van der Waals surface area contributed by atoms with E-state index in [1.165, 1.54) is 25.1 Å². The third-order valence-electron chi connectivity index (χ3n) is 4.73. The summed E-state index contributed by atoms with van der Waals surface area (Å²) < 4.78 is 70.1. The molecule has 9 nitrogen and oxygen atoms in total. The summed E-state index contributed by atoms with van der Waals surface area (Å²) in [5.41, 5.74) is -0.0984. The van der Waals surface area contributed by atoms with Crippen molar-refractivity contribution in [3.63, 3.8) is 0 Å². The number of anilines is 2. The van der Waals surface area contributed by atoms with Crippen LogP contribution in [0.4, 0.5) is 24.5 Å². The van der Waals surface area contributed by atoms with Crippen LogP contribution in [0.5, 0.6) is 0 Å². The molecule has 2 aromatic rings. The Kier molecular flexibility index (Phi) is 14.2. The van der Waals surface area contributed by atoms with Crippen LogP contribution in [0.25, 0.3) is 0 Å². The first kappa shape index (κ1) is 31.0. The lowest BCUT2D eigenvalue weighted by molar-refractivity contribution is -0.142. The zero-order chi connectivity index (χ0) is 27.6. The number of alkyl halides is 3. The summed E-state index contributed by atoms with van der Waals surface area (Å²) >= 11 is 0. The summed E-state index contributed by atoms with van der Waals surface area (Å²) in [6.45, 7) is 4.18. The molecule has 1 N–H and O–H groups in total. The van der Waals surface area contributed by atoms with Crippen LogP contribution in [-0.4, -0.2) is 78.0 Å². The van der Waals surface area contributed by atoms with Crippen LogP contribution < -0.4 is 5.32 Å². The van der Waals surface area contributed by atoms with Crippen LogP contribution in [0.1, 0.15) is 22.8 Å². The van der Waals surface area contributed by atoms with Gasteiger partial charge in [-0.2, -0.15) is 13.2 Å². The van der Waals surface area contributed by atoms with E-state index in [9.17, 15) is 22.8 Å². The van der Waals surface area contributed by atoms with Crippen molar-refractivity contribution in [2.75, 3.05) is 71.4 Å². The predicted octanol–water partition coefficient (Wildman–Crippen LogP) is 4.24. The van der Waals surface area contributed by atoms with Gasteiger partial charge in [0.1, 0.15) is 13.2 Å². The Morgan fingerprint density at radius 2 is 1.24 bits per heavy atom. The van der Waals surface area contributed by atoms with Gasteiger partial charge in [0.05, 0.1) is 69.7 Å². The maximum Gasteiger partial charge on any atom is 0.416 e. The lowest BCUT2D eigenvalue weighted by atomic mass is 10.1. The molecule has 0 spiro atoms. The molecule has 38 heavy (non-hydrogen) atoms. The van der Waals surface area contributed by atoms with Crippen LogP contribution in [0, 0.1) is 0 Å². The number of para-hydroxylation sites is 1. The van der Waals surface area contributed by atoms with Crippen molar-refractivity contribution in [3.05, 3.63) is 59.7 Å². The van der Waals surface area contributed by atoms with E-state index in [1.807, 2.05) is 0 Å². The molecule has 12 heteroatoms. The highest BCUT2D eigenvalue weighted by Crippen LogP contribution is 2.32. The molecule has 210 valence electrons. The fraction of sp³-hybridized carbons (Fsp3) is 0.462. The quantitative estimate of drug-likeness (QED) is 0.219. The van der Waals surface area contributed by atoms with Crippen LogP contribution in [0.15, 0.2) is 48.5 Å². The van der Waals surface area contributed by atoms with E-state index >= 15 is 0 Å². The van der Waals surface area contributed by atoms with Crippen molar-refractivity contribution in [1.29, 1.82) is 0 Å². The zero-order valence-corrected chi connectivity index (χ0v) is 21.1. The second-order valence-electron chi connectivity index (χ2n) is 7.67. The Balaban J connectivity index is 1.56. The molecular weight excluding hydrogens is 511 g/mol. The Hall–Kier alpha value is -3.19. The minimum absolute atomic E-state index is 0.00268. The Labute approximate surface area is 219 Å². The van der Waals surface area contributed by atoms with Crippen molar-refractivity contribution in [3.8, 4) is 0 Å². The summed E-state index contributed by atoms with van der Waals surface area (Å²) in [7, 11) is 0. The van der Waals surface area contributed by atoms with E-state index in [-0.39, 0.29) is 37.0 Å². The number of halogens is 3. The van der Waals surface area contributed by atoms with Crippen molar-refractivity contribution in [2.24, 2.45) is 0 Å². The van der Waals surface area contributed by atoms with E-state index in [1.54, 1.807) is 18.2 Å². The van der Waals surface area contributed by atoms with Crippen molar-refractivity contribution >= 4 is 23.3 Å². The van der Waals surface area contributed by atoms with Gasteiger partial charge in [-0.3, -0.25) is 4.79 Å². The van der Waals surface area contributed by atoms with Gasteiger partial charge in [-0.15, -0.1) is 0 Å². The maximum absolute atomic E-state index is 13.0. The van der Waals surface area contributed by atoms with Crippen molar-refractivity contribution < 1.29 is 51.2 Å². The van der Waals surface area contributed by atoms with Gasteiger partial charge in [-0.05, 0) is 30.3 Å². The van der Waals surface area contributed by atoms with E-state index in [0.717, 1.165) is 12.1 Å². The van der Waals surface area contributed by atoms with Gasteiger partial charge < -0.3 is 33.7 Å². The summed E-state index contributed by atoms with van der Waals surface area (Å²) in [6, 6.07) is 11.1. The highest BCUT2D eigenvalue weighted by molar-refractivity contribution is 5.96. The maximum atomic E-state index is 13.0. The molecule has 0 saturated carbocycles. The van der Waals surface area contributed by atoms with Crippen LogP contribution >= 0.6 is 0 Å². The Morgan fingerprint density at radius 1 is 0.711 bits per heavy atom. The fourth-order valence-corrected chi connectivity index (χ4v) is 2.98. The molecule has 0 aromatic heterocycles. The van der Waals surface area contributed by atoms with E-state index in [0.29, 0.717) is 51.9 Å². The second kappa shape index (κ2) is 17.3. The molecule has 2 rings (SSSR count). The molecule has 0 unspecified atom stereocenters. The third kappa shape index (κ3) is 12.9. The number of nitrogens with one attached hydrogen (secondary N) is 1. The minimum Gasteiger partial charge on any atom is -0.463 e. The minimum atomic E-state index is -4.47. The van der Waals surface area contributed by atoms with E-state index in [2.05, 4.69) is 5.32 Å². The number of benzene rings is 2. The second-order valence-corrected chi connectivity index (χ2v) is 7.67. The van der Waals surface area contributed by atoms with Gasteiger partial charge in [-0.1, -0.05) is 18.2 Å². The highest BCUT2D eigenvalue weighted by Gasteiger charge is 2.30. The molecule has 0 heterocycles. The predicted molar refractivity (Wildman–Crippen MR) is 131 cm³/mol. The first-order valence-corrected chi connectivity index (χ1v) is 11.9. The molecular formula is C26H32F3NO8. The van der Waals surface area contributed by atoms with Gasteiger partial charge in [-0.25, -0.2) is 4.79 Å². The van der Waals surface area contributed by atoms with Crippen molar-refractivity contribution in [1.82, 2.24) is 0 Å². The Morgan fingerprint density at radius 3 is 1.79 bits per heavy atom.